The highest BCUT2D eigenvalue weighted by Gasteiger charge is 2.32. The third kappa shape index (κ3) is 3.35. The van der Waals surface area contributed by atoms with Crippen LogP contribution in [0.15, 0.2) is 30.3 Å². The second-order valence-electron chi connectivity index (χ2n) is 6.08. The fourth-order valence-corrected chi connectivity index (χ4v) is 2.88. The van der Waals surface area contributed by atoms with Gasteiger partial charge < -0.3 is 10.8 Å². The predicted octanol–water partition coefficient (Wildman–Crippen LogP) is 1.81. The van der Waals surface area contributed by atoms with Crippen LogP contribution in [0.3, 0.4) is 0 Å². The van der Waals surface area contributed by atoms with Crippen LogP contribution in [0.25, 0.3) is 0 Å². The molecule has 3 unspecified atom stereocenters. The zero-order valence-electron chi connectivity index (χ0n) is 12.0. The molecule has 0 aliphatic carbocycles. The number of hydrogen-bond acceptors (Lipinski definition) is 3. The number of rotatable bonds is 4. The lowest BCUT2D eigenvalue weighted by Crippen LogP contribution is -2.49. The lowest BCUT2D eigenvalue weighted by atomic mass is 9.86. The van der Waals surface area contributed by atoms with E-state index in [4.69, 9.17) is 5.73 Å². The molecule has 3 N–H and O–H groups in total. The van der Waals surface area contributed by atoms with Gasteiger partial charge in [-0.05, 0) is 30.4 Å². The molecule has 106 valence electrons. The Morgan fingerprint density at radius 1 is 1.26 bits per heavy atom. The number of hydrogen-bond donors (Lipinski definition) is 2. The van der Waals surface area contributed by atoms with Crippen LogP contribution in [0.5, 0.6) is 0 Å². The van der Waals surface area contributed by atoms with Crippen molar-refractivity contribution in [1.29, 1.82) is 0 Å². The van der Waals surface area contributed by atoms with Gasteiger partial charge in [0.1, 0.15) is 5.60 Å². The van der Waals surface area contributed by atoms with Crippen LogP contribution in [0.4, 0.5) is 0 Å². The van der Waals surface area contributed by atoms with E-state index in [1.54, 1.807) is 0 Å². The maximum absolute atomic E-state index is 10.8. The summed E-state index contributed by atoms with van der Waals surface area (Å²) in [5.74, 6) is 1.46. The van der Waals surface area contributed by atoms with Crippen LogP contribution in [-0.4, -0.2) is 36.2 Å². The molecule has 1 heterocycles. The van der Waals surface area contributed by atoms with E-state index in [1.165, 1.54) is 6.42 Å². The molecule has 1 aliphatic heterocycles. The molecular formula is C16H26N2O. The highest BCUT2D eigenvalue weighted by atomic mass is 16.3. The fraction of sp³-hybridized carbons (Fsp3) is 0.625. The minimum atomic E-state index is -0.929. The Morgan fingerprint density at radius 3 is 2.53 bits per heavy atom. The van der Waals surface area contributed by atoms with Crippen LogP contribution < -0.4 is 5.73 Å². The van der Waals surface area contributed by atoms with Gasteiger partial charge in [-0.15, -0.1) is 0 Å². The lowest BCUT2D eigenvalue weighted by molar-refractivity contribution is -0.00984. The Balaban J connectivity index is 2.07. The van der Waals surface area contributed by atoms with Crippen LogP contribution >= 0.6 is 0 Å². The van der Waals surface area contributed by atoms with Crippen LogP contribution in [0.1, 0.15) is 25.8 Å². The van der Waals surface area contributed by atoms with Gasteiger partial charge in [0.25, 0.3) is 0 Å². The molecule has 1 saturated heterocycles. The molecule has 0 saturated carbocycles. The number of nitrogens with two attached hydrogens (primary N) is 1. The molecule has 1 aliphatic rings. The molecule has 3 atom stereocenters. The van der Waals surface area contributed by atoms with Crippen LogP contribution in [-0.2, 0) is 5.60 Å². The number of benzene rings is 1. The van der Waals surface area contributed by atoms with Gasteiger partial charge in [0.2, 0.25) is 0 Å². The molecule has 3 nitrogen and oxygen atoms in total. The zero-order chi connectivity index (χ0) is 13.9. The van der Waals surface area contributed by atoms with Crippen molar-refractivity contribution in [1.82, 2.24) is 4.90 Å². The minimum absolute atomic E-state index is 0.261. The number of aliphatic hydroxyl groups is 1. The van der Waals surface area contributed by atoms with Gasteiger partial charge in [-0.2, -0.15) is 0 Å². The van der Waals surface area contributed by atoms with Crippen molar-refractivity contribution in [3.63, 3.8) is 0 Å². The van der Waals surface area contributed by atoms with Crippen molar-refractivity contribution in [3.05, 3.63) is 35.9 Å². The Bertz CT molecular complexity index is 395. The Labute approximate surface area is 116 Å². The maximum Gasteiger partial charge on any atom is 0.114 e. The standard InChI is InChI=1S/C16H26N2O/c1-13-8-9-18(10-14(13)2)12-16(19,11-17)15-6-4-3-5-7-15/h3-7,13-14,19H,8-12,17H2,1-2H3. The summed E-state index contributed by atoms with van der Waals surface area (Å²) in [6, 6.07) is 9.80. The van der Waals surface area contributed by atoms with Crippen molar-refractivity contribution in [2.45, 2.75) is 25.9 Å². The number of β-amino-alcohol motifs (C(OH)–C–C–N with tert-alkyl or cyclic N) is 1. The number of likely N-dealkylation sites (tertiary alicyclic amines) is 1. The quantitative estimate of drug-likeness (QED) is 0.870. The Kier molecular flexibility index (Phi) is 4.61. The third-order valence-electron chi connectivity index (χ3n) is 4.55. The van der Waals surface area contributed by atoms with E-state index >= 15 is 0 Å². The number of piperidine rings is 1. The summed E-state index contributed by atoms with van der Waals surface area (Å²) in [6.45, 7) is 7.61. The third-order valence-corrected chi connectivity index (χ3v) is 4.55. The van der Waals surface area contributed by atoms with Crippen molar-refractivity contribution in [2.24, 2.45) is 17.6 Å². The van der Waals surface area contributed by atoms with Crippen molar-refractivity contribution in [2.75, 3.05) is 26.2 Å². The van der Waals surface area contributed by atoms with Crippen molar-refractivity contribution < 1.29 is 5.11 Å². The predicted molar refractivity (Wildman–Crippen MR) is 78.8 cm³/mol. The Hall–Kier alpha value is -0.900. The second kappa shape index (κ2) is 6.04. The van der Waals surface area contributed by atoms with E-state index in [1.807, 2.05) is 30.3 Å². The first-order valence-corrected chi connectivity index (χ1v) is 7.25. The Morgan fingerprint density at radius 2 is 1.95 bits per heavy atom. The molecule has 19 heavy (non-hydrogen) atoms. The summed E-state index contributed by atoms with van der Waals surface area (Å²) in [7, 11) is 0. The topological polar surface area (TPSA) is 49.5 Å². The first-order chi connectivity index (χ1) is 9.05. The van der Waals surface area contributed by atoms with E-state index in [0.29, 0.717) is 12.5 Å². The van der Waals surface area contributed by atoms with Gasteiger partial charge in [0, 0.05) is 19.6 Å². The molecule has 0 radical (unpaired) electrons. The first-order valence-electron chi connectivity index (χ1n) is 7.25. The summed E-state index contributed by atoms with van der Waals surface area (Å²) in [5, 5.41) is 10.8. The van der Waals surface area contributed by atoms with Crippen molar-refractivity contribution >= 4 is 0 Å². The molecule has 1 aromatic carbocycles. The zero-order valence-corrected chi connectivity index (χ0v) is 12.0. The molecule has 0 bridgehead atoms. The number of nitrogens with zero attached hydrogens (tertiary/aromatic N) is 1. The van der Waals surface area contributed by atoms with Gasteiger partial charge in [0.05, 0.1) is 0 Å². The van der Waals surface area contributed by atoms with Gasteiger partial charge >= 0.3 is 0 Å². The molecule has 0 spiro atoms. The maximum atomic E-state index is 10.8. The summed E-state index contributed by atoms with van der Waals surface area (Å²) < 4.78 is 0. The van der Waals surface area contributed by atoms with Gasteiger partial charge in [-0.25, -0.2) is 0 Å². The average molecular weight is 262 g/mol. The van der Waals surface area contributed by atoms with Crippen molar-refractivity contribution in [3.8, 4) is 0 Å². The molecule has 1 fully saturated rings. The molecule has 0 amide bonds. The van der Waals surface area contributed by atoms with E-state index in [0.717, 1.165) is 24.6 Å². The molecular weight excluding hydrogens is 236 g/mol. The van der Waals surface area contributed by atoms with E-state index in [2.05, 4.69) is 18.7 Å². The minimum Gasteiger partial charge on any atom is -0.382 e. The van der Waals surface area contributed by atoms with E-state index in [9.17, 15) is 5.11 Å². The summed E-state index contributed by atoms with van der Waals surface area (Å²) >= 11 is 0. The summed E-state index contributed by atoms with van der Waals surface area (Å²) in [4.78, 5) is 2.35. The van der Waals surface area contributed by atoms with E-state index in [-0.39, 0.29) is 6.54 Å². The van der Waals surface area contributed by atoms with E-state index < -0.39 is 5.60 Å². The molecule has 3 heteroatoms. The largest absolute Gasteiger partial charge is 0.382 e. The van der Waals surface area contributed by atoms with Crippen LogP contribution in [0, 0.1) is 11.8 Å². The average Bonchev–Trinajstić information content (AvgIpc) is 2.44. The van der Waals surface area contributed by atoms with Gasteiger partial charge in [-0.1, -0.05) is 44.2 Å². The SMILES string of the molecule is CC1CCN(CC(O)(CN)c2ccccc2)CC1C. The van der Waals surface area contributed by atoms with Crippen LogP contribution in [0.2, 0.25) is 0 Å². The lowest BCUT2D eigenvalue weighted by Gasteiger charge is -2.40. The summed E-state index contributed by atoms with van der Waals surface area (Å²) in [6.07, 6.45) is 1.20. The smallest absolute Gasteiger partial charge is 0.114 e. The highest BCUT2D eigenvalue weighted by Crippen LogP contribution is 2.27. The van der Waals surface area contributed by atoms with Gasteiger partial charge in [0.15, 0.2) is 0 Å². The molecule has 1 aromatic rings. The highest BCUT2D eigenvalue weighted by molar-refractivity contribution is 5.23. The fourth-order valence-electron chi connectivity index (χ4n) is 2.88. The normalized spacial score (nSPS) is 28.0. The first kappa shape index (κ1) is 14.5. The van der Waals surface area contributed by atoms with Gasteiger partial charge in [-0.3, -0.25) is 4.90 Å². The molecule has 0 aromatic heterocycles. The second-order valence-corrected chi connectivity index (χ2v) is 6.08. The monoisotopic (exact) mass is 262 g/mol. The summed E-state index contributed by atoms with van der Waals surface area (Å²) in [5.41, 5.74) is 5.83. The molecule has 2 rings (SSSR count).